The summed E-state index contributed by atoms with van der Waals surface area (Å²) in [5.74, 6) is 0. The number of hydrogen-bond acceptors (Lipinski definition) is 2. The highest BCUT2D eigenvalue weighted by Gasteiger charge is 2.08. The van der Waals surface area contributed by atoms with Crippen molar-refractivity contribution in [2.24, 2.45) is 0 Å². The summed E-state index contributed by atoms with van der Waals surface area (Å²) in [6, 6.07) is 8.60. The van der Waals surface area contributed by atoms with E-state index in [2.05, 4.69) is 56.2 Å². The fourth-order valence-corrected chi connectivity index (χ4v) is 2.53. The van der Waals surface area contributed by atoms with Gasteiger partial charge in [-0.05, 0) is 50.5 Å². The number of aromatic nitrogens is 1. The molecule has 0 saturated carbocycles. The van der Waals surface area contributed by atoms with Crippen molar-refractivity contribution in [2.45, 2.75) is 34.1 Å². The quantitative estimate of drug-likeness (QED) is 0.869. The third-order valence-corrected chi connectivity index (χ3v) is 3.27. The average Bonchev–Trinajstić information content (AvgIpc) is 2.35. The summed E-state index contributed by atoms with van der Waals surface area (Å²) in [6.45, 7) is 9.61. The van der Waals surface area contributed by atoms with E-state index in [1.54, 1.807) is 0 Å². The second-order valence-corrected chi connectivity index (χ2v) is 5.13. The van der Waals surface area contributed by atoms with Crippen molar-refractivity contribution in [1.29, 1.82) is 0 Å². The fourth-order valence-electron chi connectivity index (χ4n) is 2.53. The summed E-state index contributed by atoms with van der Waals surface area (Å²) in [6.07, 6.45) is 3.01. The van der Waals surface area contributed by atoms with Gasteiger partial charge in [-0.15, -0.1) is 0 Å². The Morgan fingerprint density at radius 3 is 2.37 bits per heavy atom. The van der Waals surface area contributed by atoms with Crippen LogP contribution in [0.4, 0.5) is 5.69 Å². The van der Waals surface area contributed by atoms with Gasteiger partial charge in [-0.25, -0.2) is 0 Å². The van der Waals surface area contributed by atoms with Gasteiger partial charge < -0.3 is 5.32 Å². The van der Waals surface area contributed by atoms with Gasteiger partial charge in [-0.3, -0.25) is 4.98 Å². The maximum absolute atomic E-state index is 4.53. The molecule has 0 atom stereocenters. The van der Waals surface area contributed by atoms with Crippen LogP contribution in [0.3, 0.4) is 0 Å². The van der Waals surface area contributed by atoms with Crippen molar-refractivity contribution in [2.75, 3.05) is 11.9 Å². The Labute approximate surface area is 115 Å². The molecule has 2 nitrogen and oxygen atoms in total. The molecule has 100 valence electrons. The van der Waals surface area contributed by atoms with Crippen LogP contribution in [0.15, 0.2) is 30.5 Å². The smallest absolute Gasteiger partial charge is 0.0727 e. The molecule has 19 heavy (non-hydrogen) atoms. The van der Waals surface area contributed by atoms with Gasteiger partial charge in [0.05, 0.1) is 5.69 Å². The average molecular weight is 254 g/mol. The van der Waals surface area contributed by atoms with Crippen molar-refractivity contribution in [1.82, 2.24) is 4.98 Å². The number of nitrogens with zero attached hydrogens (tertiary/aromatic N) is 1. The minimum Gasteiger partial charge on any atom is -0.385 e. The molecule has 1 heterocycles. The normalized spacial score (nSPS) is 10.5. The molecule has 0 spiro atoms. The van der Waals surface area contributed by atoms with Crippen molar-refractivity contribution in [3.8, 4) is 11.3 Å². The summed E-state index contributed by atoms with van der Waals surface area (Å²) < 4.78 is 0. The van der Waals surface area contributed by atoms with Crippen LogP contribution in [0.1, 0.15) is 30.0 Å². The molecule has 0 unspecified atom stereocenters. The predicted molar refractivity (Wildman–Crippen MR) is 82.7 cm³/mol. The Morgan fingerprint density at radius 2 is 1.74 bits per heavy atom. The van der Waals surface area contributed by atoms with Crippen molar-refractivity contribution >= 4 is 5.69 Å². The molecule has 0 aliphatic carbocycles. The summed E-state index contributed by atoms with van der Waals surface area (Å²) in [7, 11) is 0. The zero-order chi connectivity index (χ0) is 13.8. The molecule has 0 radical (unpaired) electrons. The molecule has 0 aliphatic heterocycles. The summed E-state index contributed by atoms with van der Waals surface area (Å²) >= 11 is 0. The first-order chi connectivity index (χ1) is 9.11. The molecule has 2 rings (SSSR count). The van der Waals surface area contributed by atoms with E-state index in [0.717, 1.165) is 24.3 Å². The van der Waals surface area contributed by atoms with E-state index in [0.29, 0.717) is 0 Å². The van der Waals surface area contributed by atoms with Crippen LogP contribution in [0, 0.1) is 20.8 Å². The van der Waals surface area contributed by atoms with Gasteiger partial charge in [0.15, 0.2) is 0 Å². The highest BCUT2D eigenvalue weighted by atomic mass is 14.9. The third kappa shape index (κ3) is 3.14. The number of rotatable bonds is 4. The number of aryl methyl sites for hydroxylation is 3. The van der Waals surface area contributed by atoms with Crippen LogP contribution in [-0.4, -0.2) is 11.5 Å². The molecule has 2 heteroatoms. The second-order valence-electron chi connectivity index (χ2n) is 5.13. The van der Waals surface area contributed by atoms with E-state index in [1.165, 1.54) is 22.3 Å². The molecular formula is C17H22N2. The maximum atomic E-state index is 4.53. The molecule has 0 saturated heterocycles. The lowest BCUT2D eigenvalue weighted by atomic mass is 9.97. The lowest BCUT2D eigenvalue weighted by Crippen LogP contribution is -2.00. The molecule has 1 aromatic heterocycles. The molecule has 1 N–H and O–H groups in total. The van der Waals surface area contributed by atoms with Crippen molar-refractivity contribution < 1.29 is 0 Å². The van der Waals surface area contributed by atoms with Crippen LogP contribution < -0.4 is 5.32 Å². The van der Waals surface area contributed by atoms with E-state index in [9.17, 15) is 0 Å². The minimum atomic E-state index is 0.995. The standard InChI is InChI=1S/C17H22N2/c1-5-7-18-15-6-8-19-16(11-15)17-13(3)9-12(2)10-14(17)4/h6,8-11H,5,7H2,1-4H3,(H,18,19). The Kier molecular flexibility index (Phi) is 4.20. The maximum Gasteiger partial charge on any atom is 0.0727 e. The Bertz CT molecular complexity index is 550. The van der Waals surface area contributed by atoms with Crippen LogP contribution in [0.5, 0.6) is 0 Å². The molecule has 0 amide bonds. The van der Waals surface area contributed by atoms with E-state index in [4.69, 9.17) is 0 Å². The molecule has 0 aliphatic rings. The molecule has 0 bridgehead atoms. The number of pyridine rings is 1. The Morgan fingerprint density at radius 1 is 1.05 bits per heavy atom. The van der Waals surface area contributed by atoms with Crippen molar-refractivity contribution in [3.05, 3.63) is 47.2 Å². The van der Waals surface area contributed by atoms with Gasteiger partial charge in [-0.1, -0.05) is 24.6 Å². The number of benzene rings is 1. The first-order valence-corrected chi connectivity index (χ1v) is 6.90. The van der Waals surface area contributed by atoms with E-state index >= 15 is 0 Å². The molecule has 2 aromatic rings. The Hall–Kier alpha value is -1.83. The first-order valence-electron chi connectivity index (χ1n) is 6.90. The van der Waals surface area contributed by atoms with Gasteiger partial charge in [0.2, 0.25) is 0 Å². The van der Waals surface area contributed by atoms with Crippen LogP contribution in [-0.2, 0) is 0 Å². The summed E-state index contributed by atoms with van der Waals surface area (Å²) in [5.41, 5.74) is 7.34. The van der Waals surface area contributed by atoms with E-state index in [1.807, 2.05) is 12.3 Å². The van der Waals surface area contributed by atoms with Crippen LogP contribution in [0.25, 0.3) is 11.3 Å². The number of nitrogens with one attached hydrogen (secondary N) is 1. The Balaban J connectivity index is 2.42. The summed E-state index contributed by atoms with van der Waals surface area (Å²) in [5, 5.41) is 3.41. The lowest BCUT2D eigenvalue weighted by Gasteiger charge is -2.12. The van der Waals surface area contributed by atoms with Gasteiger partial charge in [0.1, 0.15) is 0 Å². The van der Waals surface area contributed by atoms with Crippen LogP contribution >= 0.6 is 0 Å². The fraction of sp³-hybridized carbons (Fsp3) is 0.353. The summed E-state index contributed by atoms with van der Waals surface area (Å²) in [4.78, 5) is 4.53. The predicted octanol–water partition coefficient (Wildman–Crippen LogP) is 4.50. The molecule has 1 aromatic carbocycles. The number of hydrogen-bond donors (Lipinski definition) is 1. The van der Waals surface area contributed by atoms with E-state index in [-0.39, 0.29) is 0 Å². The van der Waals surface area contributed by atoms with Crippen molar-refractivity contribution in [3.63, 3.8) is 0 Å². The molecule has 0 fully saturated rings. The highest BCUT2D eigenvalue weighted by molar-refractivity contribution is 5.70. The topological polar surface area (TPSA) is 24.9 Å². The van der Waals surface area contributed by atoms with Gasteiger partial charge in [-0.2, -0.15) is 0 Å². The largest absolute Gasteiger partial charge is 0.385 e. The van der Waals surface area contributed by atoms with Crippen LogP contribution in [0.2, 0.25) is 0 Å². The van der Waals surface area contributed by atoms with Gasteiger partial charge in [0, 0.05) is 24.0 Å². The van der Waals surface area contributed by atoms with E-state index < -0.39 is 0 Å². The zero-order valence-corrected chi connectivity index (χ0v) is 12.2. The monoisotopic (exact) mass is 254 g/mol. The molecular weight excluding hydrogens is 232 g/mol. The SMILES string of the molecule is CCCNc1ccnc(-c2c(C)cc(C)cc2C)c1. The zero-order valence-electron chi connectivity index (χ0n) is 12.2. The lowest BCUT2D eigenvalue weighted by molar-refractivity contribution is 0.979. The first kappa shape index (κ1) is 13.6. The second kappa shape index (κ2) is 5.87. The van der Waals surface area contributed by atoms with Gasteiger partial charge >= 0.3 is 0 Å². The third-order valence-electron chi connectivity index (χ3n) is 3.27. The number of anilines is 1. The van der Waals surface area contributed by atoms with Gasteiger partial charge in [0.25, 0.3) is 0 Å². The minimum absolute atomic E-state index is 0.995. The highest BCUT2D eigenvalue weighted by Crippen LogP contribution is 2.28.